The summed E-state index contributed by atoms with van der Waals surface area (Å²) >= 11 is 2.29. The van der Waals surface area contributed by atoms with Gasteiger partial charge in [-0.15, -0.1) is 0 Å². The number of H-pyrrole nitrogens is 2. The number of pyridine rings is 2. The highest BCUT2D eigenvalue weighted by atomic mass is 127. The molecule has 0 spiro atoms. The van der Waals surface area contributed by atoms with Crippen molar-refractivity contribution in [2.75, 3.05) is 0 Å². The molecule has 0 atom stereocenters. The van der Waals surface area contributed by atoms with Crippen molar-refractivity contribution >= 4 is 44.4 Å². The van der Waals surface area contributed by atoms with Crippen LogP contribution in [0.2, 0.25) is 0 Å². The van der Waals surface area contributed by atoms with Crippen LogP contribution >= 0.6 is 22.6 Å². The Morgan fingerprint density at radius 3 is 2.73 bits per heavy atom. The van der Waals surface area contributed by atoms with Crippen LogP contribution < -0.4 is 0 Å². The minimum Gasteiger partial charge on any atom is -0.506 e. The molecule has 26 heavy (non-hydrogen) atoms. The molecule has 0 saturated heterocycles. The lowest BCUT2D eigenvalue weighted by Gasteiger charge is -2.06. The van der Waals surface area contributed by atoms with Gasteiger partial charge in [-0.25, -0.2) is 0 Å². The highest BCUT2D eigenvalue weighted by Crippen LogP contribution is 2.34. The first-order valence-electron chi connectivity index (χ1n) is 7.94. The number of nitrogens with one attached hydrogen (secondary N) is 2. The molecule has 0 bridgehead atoms. The van der Waals surface area contributed by atoms with E-state index in [1.807, 2.05) is 6.07 Å². The summed E-state index contributed by atoms with van der Waals surface area (Å²) in [7, 11) is 0. The predicted molar refractivity (Wildman–Crippen MR) is 109 cm³/mol. The maximum atomic E-state index is 9.76. The normalized spacial score (nSPS) is 11.4. The highest BCUT2D eigenvalue weighted by Gasteiger charge is 2.14. The van der Waals surface area contributed by atoms with Gasteiger partial charge in [0.25, 0.3) is 0 Å². The van der Waals surface area contributed by atoms with Gasteiger partial charge in [0.05, 0.1) is 29.1 Å². The van der Waals surface area contributed by atoms with E-state index < -0.39 is 0 Å². The number of nitrogens with zero attached hydrogens (tertiary/aromatic N) is 3. The summed E-state index contributed by atoms with van der Waals surface area (Å²) in [4.78, 5) is 11.6. The van der Waals surface area contributed by atoms with Gasteiger partial charge in [-0.1, -0.05) is 0 Å². The third-order valence-electron chi connectivity index (χ3n) is 4.36. The standard InChI is InChI=1S/C19H12IN5O/c20-15-6-16-14(5-13(15)11-3-12(26)8-22-7-11)19(25-24-16)17-4-10-1-2-21-9-18(10)23-17/h1-9,23,26H,(H,24,25). The SMILES string of the molecule is Oc1cncc(-c2cc3c(-c4cc5ccncc5[nH]4)n[nH]c3cc2I)c1. The molecule has 4 heterocycles. The predicted octanol–water partition coefficient (Wildman–Crippen LogP) is 4.48. The summed E-state index contributed by atoms with van der Waals surface area (Å²) in [5.74, 6) is 0.147. The topological polar surface area (TPSA) is 90.5 Å². The first kappa shape index (κ1) is 15.3. The molecule has 1 aromatic carbocycles. The van der Waals surface area contributed by atoms with Crippen LogP contribution in [0, 0.1) is 3.57 Å². The largest absolute Gasteiger partial charge is 0.506 e. The zero-order chi connectivity index (χ0) is 17.7. The van der Waals surface area contributed by atoms with Crippen molar-refractivity contribution < 1.29 is 5.11 Å². The van der Waals surface area contributed by atoms with E-state index in [-0.39, 0.29) is 5.75 Å². The van der Waals surface area contributed by atoms with Crippen molar-refractivity contribution in [3.8, 4) is 28.3 Å². The van der Waals surface area contributed by atoms with E-state index >= 15 is 0 Å². The average Bonchev–Trinajstić information content (AvgIpc) is 3.24. The van der Waals surface area contributed by atoms with Crippen LogP contribution in [-0.2, 0) is 0 Å². The summed E-state index contributed by atoms with van der Waals surface area (Å²) in [6.07, 6.45) is 6.76. The van der Waals surface area contributed by atoms with Crippen molar-refractivity contribution in [1.29, 1.82) is 0 Å². The van der Waals surface area contributed by atoms with Gasteiger partial charge >= 0.3 is 0 Å². The Hall–Kier alpha value is -2.94. The molecule has 0 aliphatic rings. The maximum Gasteiger partial charge on any atom is 0.134 e. The molecule has 3 N–H and O–H groups in total. The molecule has 0 unspecified atom stereocenters. The molecule has 7 heteroatoms. The minimum absolute atomic E-state index is 0.147. The number of rotatable bonds is 2. The summed E-state index contributed by atoms with van der Waals surface area (Å²) in [5.41, 5.74) is 5.58. The molecular formula is C19H12IN5O. The van der Waals surface area contributed by atoms with E-state index in [2.05, 4.69) is 65.9 Å². The number of aromatic nitrogens is 5. The third-order valence-corrected chi connectivity index (χ3v) is 5.26. The Morgan fingerprint density at radius 2 is 1.88 bits per heavy atom. The zero-order valence-electron chi connectivity index (χ0n) is 13.4. The smallest absolute Gasteiger partial charge is 0.134 e. The molecular weight excluding hydrogens is 441 g/mol. The Balaban J connectivity index is 1.73. The molecule has 5 rings (SSSR count). The van der Waals surface area contributed by atoms with E-state index in [4.69, 9.17) is 0 Å². The molecule has 0 aliphatic carbocycles. The van der Waals surface area contributed by atoms with E-state index in [0.29, 0.717) is 0 Å². The van der Waals surface area contributed by atoms with Gasteiger partial charge in [0.15, 0.2) is 0 Å². The summed E-state index contributed by atoms with van der Waals surface area (Å²) in [6, 6.07) is 9.88. The van der Waals surface area contributed by atoms with Crippen LogP contribution in [0.5, 0.6) is 5.75 Å². The monoisotopic (exact) mass is 453 g/mol. The molecule has 0 fully saturated rings. The first-order valence-corrected chi connectivity index (χ1v) is 9.02. The maximum absolute atomic E-state index is 9.76. The van der Waals surface area contributed by atoms with Crippen molar-refractivity contribution in [3.63, 3.8) is 0 Å². The van der Waals surface area contributed by atoms with E-state index in [1.165, 1.54) is 6.20 Å². The lowest BCUT2D eigenvalue weighted by atomic mass is 10.0. The van der Waals surface area contributed by atoms with Gasteiger partial charge in [-0.3, -0.25) is 15.1 Å². The fraction of sp³-hybridized carbons (Fsp3) is 0. The molecule has 126 valence electrons. The summed E-state index contributed by atoms with van der Waals surface area (Å²) in [5, 5.41) is 19.5. The van der Waals surface area contributed by atoms with Gasteiger partial charge in [0.2, 0.25) is 0 Å². The van der Waals surface area contributed by atoms with Gasteiger partial charge in [0, 0.05) is 32.3 Å². The lowest BCUT2D eigenvalue weighted by molar-refractivity contribution is 0.473. The number of halogens is 1. The number of fused-ring (bicyclic) bond motifs is 2. The van der Waals surface area contributed by atoms with Crippen LogP contribution in [-0.4, -0.2) is 30.3 Å². The average molecular weight is 453 g/mol. The molecule has 5 aromatic rings. The summed E-state index contributed by atoms with van der Waals surface area (Å²) in [6.45, 7) is 0. The number of benzene rings is 1. The molecule has 4 aromatic heterocycles. The minimum atomic E-state index is 0.147. The van der Waals surface area contributed by atoms with Crippen molar-refractivity contribution in [2.45, 2.75) is 0 Å². The van der Waals surface area contributed by atoms with E-state index in [1.54, 1.807) is 24.7 Å². The summed E-state index contributed by atoms with van der Waals surface area (Å²) < 4.78 is 1.05. The Morgan fingerprint density at radius 1 is 0.962 bits per heavy atom. The zero-order valence-corrected chi connectivity index (χ0v) is 15.5. The highest BCUT2D eigenvalue weighted by molar-refractivity contribution is 14.1. The number of hydrogen-bond donors (Lipinski definition) is 3. The molecule has 0 aliphatic heterocycles. The van der Waals surface area contributed by atoms with Crippen LogP contribution in [0.4, 0.5) is 0 Å². The lowest BCUT2D eigenvalue weighted by Crippen LogP contribution is -1.86. The fourth-order valence-corrected chi connectivity index (χ4v) is 3.92. The van der Waals surface area contributed by atoms with Crippen LogP contribution in [0.15, 0.2) is 55.1 Å². The third kappa shape index (κ3) is 2.43. The van der Waals surface area contributed by atoms with E-state index in [0.717, 1.165) is 47.9 Å². The molecule has 0 amide bonds. The fourth-order valence-electron chi connectivity index (χ4n) is 3.14. The van der Waals surface area contributed by atoms with Gasteiger partial charge in [0.1, 0.15) is 11.4 Å². The number of hydrogen-bond acceptors (Lipinski definition) is 4. The number of aromatic amines is 2. The number of aromatic hydroxyl groups is 1. The van der Waals surface area contributed by atoms with Gasteiger partial charge in [-0.2, -0.15) is 5.10 Å². The molecule has 0 radical (unpaired) electrons. The van der Waals surface area contributed by atoms with Crippen LogP contribution in [0.25, 0.3) is 44.3 Å². The Labute approximate surface area is 161 Å². The van der Waals surface area contributed by atoms with Crippen molar-refractivity contribution in [2.24, 2.45) is 0 Å². The Kier molecular flexibility index (Phi) is 3.42. The van der Waals surface area contributed by atoms with Crippen LogP contribution in [0.1, 0.15) is 0 Å². The second-order valence-electron chi connectivity index (χ2n) is 6.03. The molecule has 6 nitrogen and oxygen atoms in total. The molecule has 0 saturated carbocycles. The van der Waals surface area contributed by atoms with Gasteiger partial charge < -0.3 is 10.1 Å². The van der Waals surface area contributed by atoms with Crippen LogP contribution in [0.3, 0.4) is 0 Å². The Bertz CT molecular complexity index is 1240. The van der Waals surface area contributed by atoms with Gasteiger partial charge in [-0.05, 0) is 58.5 Å². The quantitative estimate of drug-likeness (QED) is 0.344. The second kappa shape index (κ2) is 5.80. The van der Waals surface area contributed by atoms with Crippen molar-refractivity contribution in [3.05, 3.63) is 58.7 Å². The first-order chi connectivity index (χ1) is 12.7. The second-order valence-corrected chi connectivity index (χ2v) is 7.19. The van der Waals surface area contributed by atoms with E-state index in [9.17, 15) is 5.11 Å². The van der Waals surface area contributed by atoms with Crippen molar-refractivity contribution in [1.82, 2.24) is 25.1 Å².